The smallest absolute Gasteiger partial charge is 0.237 e. The lowest BCUT2D eigenvalue weighted by Crippen LogP contribution is -2.50. The number of rotatable bonds is 4. The zero-order chi connectivity index (χ0) is 13.0. The molecule has 1 unspecified atom stereocenters. The molecule has 1 rings (SSSR count). The number of aliphatic hydroxyl groups is 1. The van der Waals surface area contributed by atoms with Crippen molar-refractivity contribution < 1.29 is 9.90 Å². The van der Waals surface area contributed by atoms with E-state index in [1.54, 1.807) is 0 Å². The van der Waals surface area contributed by atoms with Crippen LogP contribution in [0.4, 0.5) is 0 Å². The van der Waals surface area contributed by atoms with Crippen LogP contribution in [0.15, 0.2) is 0 Å². The number of hydrogen-bond acceptors (Lipinski definition) is 3. The van der Waals surface area contributed by atoms with Crippen LogP contribution < -0.4 is 5.32 Å². The van der Waals surface area contributed by atoms with Crippen LogP contribution in [0.1, 0.15) is 39.5 Å². The third-order valence-corrected chi connectivity index (χ3v) is 3.50. The molecule has 100 valence electrons. The van der Waals surface area contributed by atoms with E-state index in [0.29, 0.717) is 5.92 Å². The van der Waals surface area contributed by atoms with E-state index >= 15 is 0 Å². The normalized spacial score (nSPS) is 27.2. The molecule has 1 amide bonds. The fourth-order valence-corrected chi connectivity index (χ4v) is 2.64. The summed E-state index contributed by atoms with van der Waals surface area (Å²) >= 11 is 0. The van der Waals surface area contributed by atoms with Crippen LogP contribution in [-0.2, 0) is 4.79 Å². The molecular formula is C13H26N2O2. The lowest BCUT2D eigenvalue weighted by Gasteiger charge is -2.31. The van der Waals surface area contributed by atoms with Gasteiger partial charge in [-0.3, -0.25) is 9.69 Å². The summed E-state index contributed by atoms with van der Waals surface area (Å²) in [5.41, 5.74) is 0. The largest absolute Gasteiger partial charge is 0.393 e. The average Bonchev–Trinajstić information content (AvgIpc) is 2.20. The van der Waals surface area contributed by atoms with E-state index in [-0.39, 0.29) is 24.1 Å². The number of carbonyl (C=O) groups excluding carboxylic acids is 1. The Morgan fingerprint density at radius 1 is 1.24 bits per heavy atom. The van der Waals surface area contributed by atoms with Gasteiger partial charge in [-0.1, -0.05) is 13.8 Å². The van der Waals surface area contributed by atoms with E-state index in [0.717, 1.165) is 25.7 Å². The van der Waals surface area contributed by atoms with Crippen LogP contribution in [0.3, 0.4) is 0 Å². The predicted molar refractivity (Wildman–Crippen MR) is 68.7 cm³/mol. The Morgan fingerprint density at radius 2 is 1.76 bits per heavy atom. The molecule has 0 saturated heterocycles. The summed E-state index contributed by atoms with van der Waals surface area (Å²) in [6.45, 7) is 4.13. The quantitative estimate of drug-likeness (QED) is 0.773. The van der Waals surface area contributed by atoms with Gasteiger partial charge in [0, 0.05) is 6.04 Å². The van der Waals surface area contributed by atoms with Crippen LogP contribution in [0.25, 0.3) is 0 Å². The summed E-state index contributed by atoms with van der Waals surface area (Å²) in [5.74, 6) is 0.422. The number of hydrogen-bond donors (Lipinski definition) is 2. The van der Waals surface area contributed by atoms with Gasteiger partial charge in [0.2, 0.25) is 5.91 Å². The van der Waals surface area contributed by atoms with E-state index in [9.17, 15) is 9.90 Å². The van der Waals surface area contributed by atoms with Crippen molar-refractivity contribution in [3.05, 3.63) is 0 Å². The number of nitrogens with zero attached hydrogens (tertiary/aromatic N) is 1. The molecule has 0 bridgehead atoms. The van der Waals surface area contributed by atoms with Gasteiger partial charge >= 0.3 is 0 Å². The summed E-state index contributed by atoms with van der Waals surface area (Å²) < 4.78 is 0. The summed E-state index contributed by atoms with van der Waals surface area (Å²) in [4.78, 5) is 14.1. The van der Waals surface area contributed by atoms with Crippen molar-refractivity contribution in [3.8, 4) is 0 Å². The molecule has 1 aliphatic rings. The Balaban J connectivity index is 2.47. The fourth-order valence-electron chi connectivity index (χ4n) is 2.64. The highest BCUT2D eigenvalue weighted by atomic mass is 16.3. The standard InChI is InChI=1S/C13H26N2O2/c1-9(2)12(15(3)4)13(17)14-10-5-7-11(16)8-6-10/h9-12,16H,5-8H2,1-4H3,(H,14,17). The number of nitrogens with one attached hydrogen (secondary N) is 1. The second-order valence-corrected chi connectivity index (χ2v) is 5.67. The summed E-state index contributed by atoms with van der Waals surface area (Å²) in [6.07, 6.45) is 3.23. The van der Waals surface area contributed by atoms with E-state index < -0.39 is 0 Å². The Hall–Kier alpha value is -0.610. The van der Waals surface area contributed by atoms with Crippen molar-refractivity contribution in [2.75, 3.05) is 14.1 Å². The third kappa shape index (κ3) is 4.28. The molecule has 4 heteroatoms. The van der Waals surface area contributed by atoms with Crippen LogP contribution in [0.2, 0.25) is 0 Å². The monoisotopic (exact) mass is 242 g/mol. The highest BCUT2D eigenvalue weighted by Gasteiger charge is 2.27. The number of amides is 1. The first-order valence-corrected chi connectivity index (χ1v) is 6.56. The van der Waals surface area contributed by atoms with Gasteiger partial charge in [0.1, 0.15) is 0 Å². The summed E-state index contributed by atoms with van der Waals surface area (Å²) in [5, 5.41) is 12.5. The molecule has 0 aliphatic heterocycles. The highest BCUT2D eigenvalue weighted by Crippen LogP contribution is 2.19. The summed E-state index contributed by atoms with van der Waals surface area (Å²) in [7, 11) is 3.88. The van der Waals surface area contributed by atoms with Gasteiger partial charge in [-0.05, 0) is 45.7 Å². The Morgan fingerprint density at radius 3 is 2.18 bits per heavy atom. The molecule has 0 aromatic heterocycles. The first kappa shape index (κ1) is 14.5. The SMILES string of the molecule is CC(C)C(C(=O)NC1CCC(O)CC1)N(C)C. The van der Waals surface area contributed by atoms with Crippen LogP contribution in [0, 0.1) is 5.92 Å². The second kappa shape index (κ2) is 6.36. The van der Waals surface area contributed by atoms with Crippen molar-refractivity contribution in [2.24, 2.45) is 5.92 Å². The average molecular weight is 242 g/mol. The topological polar surface area (TPSA) is 52.6 Å². The predicted octanol–water partition coefficient (Wildman–Crippen LogP) is 0.992. The second-order valence-electron chi connectivity index (χ2n) is 5.67. The highest BCUT2D eigenvalue weighted by molar-refractivity contribution is 5.82. The van der Waals surface area contributed by atoms with Gasteiger partial charge in [-0.15, -0.1) is 0 Å². The lowest BCUT2D eigenvalue weighted by molar-refractivity contribution is -0.128. The minimum atomic E-state index is -0.169. The Kier molecular flexibility index (Phi) is 5.40. The minimum Gasteiger partial charge on any atom is -0.393 e. The van der Waals surface area contributed by atoms with Gasteiger partial charge < -0.3 is 10.4 Å². The number of aliphatic hydroxyl groups excluding tert-OH is 1. The maximum Gasteiger partial charge on any atom is 0.237 e. The van der Waals surface area contributed by atoms with Gasteiger partial charge in [0.25, 0.3) is 0 Å². The molecule has 0 aromatic rings. The molecule has 0 aromatic carbocycles. The van der Waals surface area contributed by atoms with Gasteiger partial charge in [0.05, 0.1) is 12.1 Å². The van der Waals surface area contributed by atoms with E-state index in [1.165, 1.54) is 0 Å². The van der Waals surface area contributed by atoms with Gasteiger partial charge in [0.15, 0.2) is 0 Å². The molecule has 2 N–H and O–H groups in total. The molecule has 17 heavy (non-hydrogen) atoms. The van der Waals surface area contributed by atoms with Crippen LogP contribution in [-0.4, -0.2) is 48.2 Å². The first-order valence-electron chi connectivity index (χ1n) is 6.56. The van der Waals surface area contributed by atoms with E-state index in [2.05, 4.69) is 19.2 Å². The van der Waals surface area contributed by atoms with E-state index in [4.69, 9.17) is 0 Å². The third-order valence-electron chi connectivity index (χ3n) is 3.50. The van der Waals surface area contributed by atoms with Crippen molar-refractivity contribution in [1.29, 1.82) is 0 Å². The van der Waals surface area contributed by atoms with Crippen LogP contribution >= 0.6 is 0 Å². The van der Waals surface area contributed by atoms with Crippen molar-refractivity contribution >= 4 is 5.91 Å². The molecule has 4 nitrogen and oxygen atoms in total. The van der Waals surface area contributed by atoms with Crippen molar-refractivity contribution in [2.45, 2.75) is 57.7 Å². The van der Waals surface area contributed by atoms with Gasteiger partial charge in [-0.25, -0.2) is 0 Å². The molecule has 0 heterocycles. The maximum absolute atomic E-state index is 12.2. The maximum atomic E-state index is 12.2. The molecule has 1 aliphatic carbocycles. The Labute approximate surface area is 104 Å². The molecule has 0 radical (unpaired) electrons. The lowest BCUT2D eigenvalue weighted by atomic mass is 9.92. The Bertz CT molecular complexity index is 238. The number of carbonyl (C=O) groups is 1. The van der Waals surface area contributed by atoms with Crippen molar-refractivity contribution in [3.63, 3.8) is 0 Å². The molecule has 1 saturated carbocycles. The molecule has 1 atom stereocenters. The van der Waals surface area contributed by atoms with E-state index in [1.807, 2.05) is 19.0 Å². The fraction of sp³-hybridized carbons (Fsp3) is 0.923. The zero-order valence-corrected chi connectivity index (χ0v) is 11.4. The molecule has 1 fully saturated rings. The minimum absolute atomic E-state index is 0.0677. The first-order chi connectivity index (χ1) is 7.91. The molecular weight excluding hydrogens is 216 g/mol. The zero-order valence-electron chi connectivity index (χ0n) is 11.4. The number of likely N-dealkylation sites (N-methyl/N-ethyl adjacent to an activating group) is 1. The van der Waals surface area contributed by atoms with Crippen LogP contribution in [0.5, 0.6) is 0 Å². The molecule has 0 spiro atoms. The van der Waals surface area contributed by atoms with Crippen molar-refractivity contribution in [1.82, 2.24) is 10.2 Å². The van der Waals surface area contributed by atoms with Gasteiger partial charge in [-0.2, -0.15) is 0 Å². The summed E-state index contributed by atoms with van der Waals surface area (Å²) in [6, 6.07) is 0.175.